The highest BCUT2D eigenvalue weighted by molar-refractivity contribution is 5.96. The second-order valence-corrected chi connectivity index (χ2v) is 4.92. The van der Waals surface area contributed by atoms with E-state index in [1.165, 1.54) is 0 Å². The highest BCUT2D eigenvalue weighted by Gasteiger charge is 2.11. The maximum absolute atomic E-state index is 11.9. The molecule has 0 atom stereocenters. The summed E-state index contributed by atoms with van der Waals surface area (Å²) in [6.07, 6.45) is 0. The van der Waals surface area contributed by atoms with E-state index >= 15 is 0 Å². The Bertz CT molecular complexity index is 680. The molecule has 5 nitrogen and oxygen atoms in total. The van der Waals surface area contributed by atoms with E-state index in [0.29, 0.717) is 23.6 Å². The van der Waals surface area contributed by atoms with Crippen molar-refractivity contribution < 1.29 is 19.1 Å². The molecule has 0 saturated carbocycles. The molecular formula is C18H19NO4. The molecule has 2 aromatic carbocycles. The van der Waals surface area contributed by atoms with Crippen LogP contribution in [0.5, 0.6) is 5.75 Å². The lowest BCUT2D eigenvalue weighted by molar-refractivity contribution is -0.119. The number of anilines is 1. The van der Waals surface area contributed by atoms with E-state index in [2.05, 4.69) is 5.32 Å². The fourth-order valence-corrected chi connectivity index (χ4v) is 1.94. The van der Waals surface area contributed by atoms with Gasteiger partial charge in [-0.1, -0.05) is 29.8 Å². The van der Waals surface area contributed by atoms with E-state index in [9.17, 15) is 9.59 Å². The number of nitrogens with one attached hydrogen (secondary N) is 1. The molecule has 23 heavy (non-hydrogen) atoms. The molecule has 0 heterocycles. The van der Waals surface area contributed by atoms with E-state index in [4.69, 9.17) is 9.47 Å². The SMILES string of the molecule is CCOc1ccccc1NC(=O)COC(=O)c1ccc(C)cc1. The van der Waals surface area contributed by atoms with Crippen molar-refractivity contribution in [2.45, 2.75) is 13.8 Å². The average molecular weight is 313 g/mol. The van der Waals surface area contributed by atoms with Crippen molar-refractivity contribution in [2.75, 3.05) is 18.5 Å². The lowest BCUT2D eigenvalue weighted by Crippen LogP contribution is -2.21. The first-order chi connectivity index (χ1) is 11.1. The Labute approximate surface area is 135 Å². The molecule has 2 aromatic rings. The largest absolute Gasteiger partial charge is 0.492 e. The predicted octanol–water partition coefficient (Wildman–Crippen LogP) is 3.19. The molecule has 0 radical (unpaired) electrons. The molecule has 0 aliphatic heterocycles. The van der Waals surface area contributed by atoms with Crippen molar-refractivity contribution in [1.82, 2.24) is 0 Å². The van der Waals surface area contributed by atoms with E-state index in [1.54, 1.807) is 30.3 Å². The molecule has 1 amide bonds. The summed E-state index contributed by atoms with van der Waals surface area (Å²) in [5, 5.41) is 2.67. The van der Waals surface area contributed by atoms with Crippen LogP contribution in [0, 0.1) is 6.92 Å². The van der Waals surface area contributed by atoms with Crippen LogP contribution in [0.1, 0.15) is 22.8 Å². The molecule has 120 valence electrons. The summed E-state index contributed by atoms with van der Waals surface area (Å²) in [6, 6.07) is 14.1. The van der Waals surface area contributed by atoms with Crippen molar-refractivity contribution in [3.8, 4) is 5.75 Å². The van der Waals surface area contributed by atoms with Crippen LogP contribution in [-0.2, 0) is 9.53 Å². The van der Waals surface area contributed by atoms with Crippen LogP contribution in [0.3, 0.4) is 0 Å². The van der Waals surface area contributed by atoms with Gasteiger partial charge in [0.1, 0.15) is 5.75 Å². The number of carbonyl (C=O) groups is 2. The van der Waals surface area contributed by atoms with Gasteiger partial charge in [0.25, 0.3) is 5.91 Å². The number of carbonyl (C=O) groups excluding carboxylic acids is 2. The summed E-state index contributed by atoms with van der Waals surface area (Å²) in [5.74, 6) is -0.371. The minimum Gasteiger partial charge on any atom is -0.492 e. The summed E-state index contributed by atoms with van der Waals surface area (Å²) < 4.78 is 10.4. The molecule has 0 saturated heterocycles. The predicted molar refractivity (Wildman–Crippen MR) is 87.7 cm³/mol. The maximum atomic E-state index is 11.9. The molecule has 0 spiro atoms. The Morgan fingerprint density at radius 2 is 1.74 bits per heavy atom. The highest BCUT2D eigenvalue weighted by Crippen LogP contribution is 2.23. The molecule has 0 unspecified atom stereocenters. The Hall–Kier alpha value is -2.82. The lowest BCUT2D eigenvalue weighted by Gasteiger charge is -2.11. The zero-order valence-corrected chi connectivity index (χ0v) is 13.2. The zero-order valence-electron chi connectivity index (χ0n) is 13.2. The summed E-state index contributed by atoms with van der Waals surface area (Å²) >= 11 is 0. The fraction of sp³-hybridized carbons (Fsp3) is 0.222. The van der Waals surface area contributed by atoms with Gasteiger partial charge in [0, 0.05) is 0 Å². The molecule has 0 aliphatic carbocycles. The van der Waals surface area contributed by atoms with Gasteiger partial charge < -0.3 is 14.8 Å². The van der Waals surface area contributed by atoms with Crippen LogP contribution >= 0.6 is 0 Å². The number of hydrogen-bond acceptors (Lipinski definition) is 4. The third kappa shape index (κ3) is 4.85. The number of benzene rings is 2. The average Bonchev–Trinajstić information content (AvgIpc) is 2.55. The van der Waals surface area contributed by atoms with E-state index in [-0.39, 0.29) is 6.61 Å². The Morgan fingerprint density at radius 1 is 1.04 bits per heavy atom. The second-order valence-electron chi connectivity index (χ2n) is 4.92. The number of ether oxygens (including phenoxy) is 2. The quantitative estimate of drug-likeness (QED) is 0.832. The van der Waals surface area contributed by atoms with Gasteiger partial charge in [-0.3, -0.25) is 4.79 Å². The van der Waals surface area contributed by atoms with Crippen molar-refractivity contribution >= 4 is 17.6 Å². The third-order valence-corrected chi connectivity index (χ3v) is 3.08. The normalized spacial score (nSPS) is 10.0. The number of rotatable bonds is 6. The molecule has 5 heteroatoms. The van der Waals surface area contributed by atoms with E-state index < -0.39 is 11.9 Å². The Kier molecular flexibility index (Phi) is 5.74. The standard InChI is InChI=1S/C18H19NO4/c1-3-22-16-7-5-4-6-15(16)19-17(20)12-23-18(21)14-10-8-13(2)9-11-14/h4-11H,3,12H2,1-2H3,(H,19,20). The summed E-state index contributed by atoms with van der Waals surface area (Å²) in [6.45, 7) is 3.93. The molecule has 0 bridgehead atoms. The lowest BCUT2D eigenvalue weighted by atomic mass is 10.1. The van der Waals surface area contributed by atoms with Gasteiger partial charge in [-0.15, -0.1) is 0 Å². The first-order valence-electron chi connectivity index (χ1n) is 7.35. The van der Waals surface area contributed by atoms with Gasteiger partial charge >= 0.3 is 5.97 Å². The highest BCUT2D eigenvalue weighted by atomic mass is 16.5. The molecule has 1 N–H and O–H groups in total. The van der Waals surface area contributed by atoms with Gasteiger partial charge in [0.05, 0.1) is 17.9 Å². The summed E-state index contributed by atoms with van der Waals surface area (Å²) in [7, 11) is 0. The molecular weight excluding hydrogens is 294 g/mol. The van der Waals surface area contributed by atoms with E-state index in [0.717, 1.165) is 5.56 Å². The van der Waals surface area contributed by atoms with Gasteiger partial charge in [0.2, 0.25) is 0 Å². The van der Waals surface area contributed by atoms with Crippen LogP contribution in [-0.4, -0.2) is 25.1 Å². The number of para-hydroxylation sites is 2. The minimum absolute atomic E-state index is 0.354. The van der Waals surface area contributed by atoms with Gasteiger partial charge in [-0.2, -0.15) is 0 Å². The topological polar surface area (TPSA) is 64.6 Å². The van der Waals surface area contributed by atoms with Crippen LogP contribution < -0.4 is 10.1 Å². The number of amides is 1. The minimum atomic E-state index is -0.529. The smallest absolute Gasteiger partial charge is 0.338 e. The molecule has 2 rings (SSSR count). The van der Waals surface area contributed by atoms with Crippen molar-refractivity contribution in [3.63, 3.8) is 0 Å². The first-order valence-corrected chi connectivity index (χ1v) is 7.35. The third-order valence-electron chi connectivity index (χ3n) is 3.08. The fourth-order valence-electron chi connectivity index (χ4n) is 1.94. The van der Waals surface area contributed by atoms with Crippen LogP contribution in [0.15, 0.2) is 48.5 Å². The molecule has 0 fully saturated rings. The Morgan fingerprint density at radius 3 is 2.43 bits per heavy atom. The number of esters is 1. The van der Waals surface area contributed by atoms with Crippen LogP contribution in [0.2, 0.25) is 0 Å². The second kappa shape index (κ2) is 7.98. The first kappa shape index (κ1) is 16.5. The van der Waals surface area contributed by atoms with Crippen LogP contribution in [0.4, 0.5) is 5.69 Å². The van der Waals surface area contributed by atoms with Crippen molar-refractivity contribution in [3.05, 3.63) is 59.7 Å². The van der Waals surface area contributed by atoms with Gasteiger partial charge in [-0.05, 0) is 38.1 Å². The maximum Gasteiger partial charge on any atom is 0.338 e. The molecule has 0 aliphatic rings. The Balaban J connectivity index is 1.90. The summed E-state index contributed by atoms with van der Waals surface area (Å²) in [4.78, 5) is 23.8. The van der Waals surface area contributed by atoms with Gasteiger partial charge in [-0.25, -0.2) is 4.79 Å². The van der Waals surface area contributed by atoms with Crippen molar-refractivity contribution in [2.24, 2.45) is 0 Å². The monoisotopic (exact) mass is 313 g/mol. The van der Waals surface area contributed by atoms with Crippen molar-refractivity contribution in [1.29, 1.82) is 0 Å². The number of hydrogen-bond donors (Lipinski definition) is 1. The zero-order chi connectivity index (χ0) is 16.7. The summed E-state index contributed by atoms with van der Waals surface area (Å²) in [5.41, 5.74) is 2.01. The van der Waals surface area contributed by atoms with Gasteiger partial charge in [0.15, 0.2) is 6.61 Å². The van der Waals surface area contributed by atoms with Crippen LogP contribution in [0.25, 0.3) is 0 Å². The van der Waals surface area contributed by atoms with E-state index in [1.807, 2.05) is 32.0 Å². The molecule has 0 aromatic heterocycles. The number of aryl methyl sites for hydroxylation is 1.